The first-order chi connectivity index (χ1) is 15.5. The lowest BCUT2D eigenvalue weighted by Gasteiger charge is -2.16. The van der Waals surface area contributed by atoms with E-state index in [9.17, 15) is 14.4 Å². The van der Waals surface area contributed by atoms with Crippen LogP contribution in [0.15, 0.2) is 54.6 Å². The maximum Gasteiger partial charge on any atom is 0.407 e. The molecule has 2 rings (SSSR count). The van der Waals surface area contributed by atoms with Crippen molar-refractivity contribution in [1.29, 1.82) is 0 Å². The van der Waals surface area contributed by atoms with Crippen LogP contribution in [0.4, 0.5) is 4.79 Å². The Hall–Kier alpha value is -3.06. The second-order valence-corrected chi connectivity index (χ2v) is 7.71. The molecule has 0 saturated heterocycles. The second-order valence-electron chi connectivity index (χ2n) is 7.27. The van der Waals surface area contributed by atoms with Gasteiger partial charge in [-0.1, -0.05) is 60.5 Å². The van der Waals surface area contributed by atoms with Crippen molar-refractivity contribution in [3.63, 3.8) is 0 Å². The van der Waals surface area contributed by atoms with Crippen LogP contribution in [0.1, 0.15) is 36.8 Å². The van der Waals surface area contributed by atoms with E-state index in [1.54, 1.807) is 12.1 Å². The second kappa shape index (κ2) is 14.1. The highest BCUT2D eigenvalue weighted by Crippen LogP contribution is 2.12. The molecule has 0 heterocycles. The number of hydrogen-bond donors (Lipinski definition) is 2. The summed E-state index contributed by atoms with van der Waals surface area (Å²) < 4.78 is 9.95. The maximum atomic E-state index is 12.2. The Labute approximate surface area is 193 Å². The topological polar surface area (TPSA) is 93.7 Å². The quantitative estimate of drug-likeness (QED) is 0.368. The summed E-state index contributed by atoms with van der Waals surface area (Å²) in [6.07, 6.45) is 2.26. The van der Waals surface area contributed by atoms with Gasteiger partial charge in [-0.05, 0) is 36.1 Å². The highest BCUT2D eigenvalue weighted by atomic mass is 35.5. The van der Waals surface area contributed by atoms with Crippen LogP contribution in [0.5, 0.6) is 0 Å². The third-order valence-corrected chi connectivity index (χ3v) is 4.99. The van der Waals surface area contributed by atoms with Gasteiger partial charge in [0, 0.05) is 24.4 Å². The van der Waals surface area contributed by atoms with Crippen molar-refractivity contribution in [3.05, 3.63) is 70.7 Å². The number of rotatable bonds is 12. The molecule has 0 bridgehead atoms. The number of benzene rings is 2. The first kappa shape index (κ1) is 25.2. The van der Waals surface area contributed by atoms with Crippen LogP contribution in [0.2, 0.25) is 5.02 Å². The predicted molar refractivity (Wildman–Crippen MR) is 122 cm³/mol. The number of nitrogens with one attached hydrogen (secondary N) is 2. The van der Waals surface area contributed by atoms with Gasteiger partial charge in [-0.2, -0.15) is 0 Å². The molecular formula is C24H29ClN2O5. The van der Waals surface area contributed by atoms with E-state index < -0.39 is 18.1 Å². The Morgan fingerprint density at radius 1 is 0.938 bits per heavy atom. The molecule has 172 valence electrons. The molecule has 0 saturated carbocycles. The molecule has 2 N–H and O–H groups in total. The zero-order chi connectivity index (χ0) is 23.2. The summed E-state index contributed by atoms with van der Waals surface area (Å²) in [6, 6.07) is 15.8. The minimum Gasteiger partial charge on any atom is -0.467 e. The molecule has 1 atom stereocenters. The molecule has 0 radical (unpaired) electrons. The Morgan fingerprint density at radius 2 is 1.66 bits per heavy atom. The number of unbranched alkanes of at least 4 members (excludes halogenated alkanes) is 2. The summed E-state index contributed by atoms with van der Waals surface area (Å²) in [7, 11) is 1.29. The lowest BCUT2D eigenvalue weighted by Crippen LogP contribution is -2.43. The molecular weight excluding hydrogens is 432 g/mol. The lowest BCUT2D eigenvalue weighted by molar-refractivity contribution is -0.145. The fraction of sp³-hybridized carbons (Fsp3) is 0.375. The molecule has 0 aromatic heterocycles. The largest absolute Gasteiger partial charge is 0.467 e. The fourth-order valence-corrected chi connectivity index (χ4v) is 3.14. The van der Waals surface area contributed by atoms with Crippen molar-refractivity contribution < 1.29 is 23.9 Å². The Bertz CT molecular complexity index is 858. The molecule has 2 aromatic carbocycles. The number of alkyl carbamates (subject to hydrolysis) is 1. The molecule has 0 fully saturated rings. The van der Waals surface area contributed by atoms with Crippen molar-refractivity contribution >= 4 is 29.6 Å². The van der Waals surface area contributed by atoms with Gasteiger partial charge in [0.15, 0.2) is 0 Å². The van der Waals surface area contributed by atoms with Gasteiger partial charge in [0.1, 0.15) is 12.6 Å². The average molecular weight is 461 g/mol. The SMILES string of the molecule is COC(=O)[C@H](Cc1ccc(Cl)cc1)NC(=O)CCCCCNC(=O)OCc1ccccc1. The molecule has 0 unspecified atom stereocenters. The highest BCUT2D eigenvalue weighted by molar-refractivity contribution is 6.30. The van der Waals surface area contributed by atoms with E-state index in [1.807, 2.05) is 42.5 Å². The van der Waals surface area contributed by atoms with Gasteiger partial charge >= 0.3 is 12.1 Å². The number of amides is 2. The number of ether oxygens (including phenoxy) is 2. The smallest absolute Gasteiger partial charge is 0.407 e. The summed E-state index contributed by atoms with van der Waals surface area (Å²) in [5.41, 5.74) is 1.80. The first-order valence-electron chi connectivity index (χ1n) is 10.5. The average Bonchev–Trinajstić information content (AvgIpc) is 2.81. The molecule has 2 amide bonds. The van der Waals surface area contributed by atoms with Gasteiger partial charge in [-0.3, -0.25) is 4.79 Å². The van der Waals surface area contributed by atoms with Gasteiger partial charge in [-0.25, -0.2) is 9.59 Å². The Morgan fingerprint density at radius 3 is 2.34 bits per heavy atom. The van der Waals surface area contributed by atoms with Gasteiger partial charge in [0.05, 0.1) is 7.11 Å². The van der Waals surface area contributed by atoms with Crippen molar-refractivity contribution in [2.24, 2.45) is 0 Å². The molecule has 8 heteroatoms. The zero-order valence-corrected chi connectivity index (χ0v) is 18.9. The van der Waals surface area contributed by atoms with Crippen LogP contribution in [-0.2, 0) is 32.1 Å². The summed E-state index contributed by atoms with van der Waals surface area (Å²) in [5, 5.41) is 6.03. The van der Waals surface area contributed by atoms with Crippen LogP contribution >= 0.6 is 11.6 Å². The number of hydrogen-bond acceptors (Lipinski definition) is 5. The minimum absolute atomic E-state index is 0.218. The maximum absolute atomic E-state index is 12.2. The van der Waals surface area contributed by atoms with Gasteiger partial charge in [0.2, 0.25) is 5.91 Å². The van der Waals surface area contributed by atoms with Crippen molar-refractivity contribution in [2.75, 3.05) is 13.7 Å². The summed E-state index contributed by atoms with van der Waals surface area (Å²) in [4.78, 5) is 36.0. The molecule has 0 aliphatic heterocycles. The van der Waals surface area contributed by atoms with E-state index >= 15 is 0 Å². The Kier molecular flexibility index (Phi) is 11.1. The molecule has 0 spiro atoms. The molecule has 2 aromatic rings. The van der Waals surface area contributed by atoms with Crippen LogP contribution in [-0.4, -0.2) is 37.7 Å². The van der Waals surface area contributed by atoms with Crippen LogP contribution in [0.3, 0.4) is 0 Å². The van der Waals surface area contributed by atoms with Crippen LogP contribution in [0, 0.1) is 0 Å². The zero-order valence-electron chi connectivity index (χ0n) is 18.1. The fourth-order valence-electron chi connectivity index (χ4n) is 3.01. The monoisotopic (exact) mass is 460 g/mol. The number of methoxy groups -OCH3 is 1. The van der Waals surface area contributed by atoms with E-state index in [0.29, 0.717) is 24.4 Å². The standard InChI is InChI=1S/C24H29ClN2O5/c1-31-23(29)21(16-18-11-13-20(25)14-12-18)27-22(28)10-6-3-7-15-26-24(30)32-17-19-8-4-2-5-9-19/h2,4-5,8-9,11-14,21H,3,6-7,10,15-17H2,1H3,(H,26,30)(H,27,28)/t21-/m0/s1. The van der Waals surface area contributed by atoms with E-state index in [1.165, 1.54) is 7.11 Å². The molecule has 0 aliphatic carbocycles. The van der Waals surface area contributed by atoms with Gasteiger partial charge in [-0.15, -0.1) is 0 Å². The van der Waals surface area contributed by atoms with E-state index in [4.69, 9.17) is 21.1 Å². The van der Waals surface area contributed by atoms with Gasteiger partial charge in [0.25, 0.3) is 0 Å². The lowest BCUT2D eigenvalue weighted by atomic mass is 10.1. The number of esters is 1. The summed E-state index contributed by atoms with van der Waals surface area (Å²) in [5.74, 6) is -0.712. The van der Waals surface area contributed by atoms with Crippen molar-refractivity contribution in [3.8, 4) is 0 Å². The summed E-state index contributed by atoms with van der Waals surface area (Å²) in [6.45, 7) is 0.695. The highest BCUT2D eigenvalue weighted by Gasteiger charge is 2.21. The first-order valence-corrected chi connectivity index (χ1v) is 10.9. The summed E-state index contributed by atoms with van der Waals surface area (Å²) >= 11 is 5.88. The molecule has 7 nitrogen and oxygen atoms in total. The third-order valence-electron chi connectivity index (χ3n) is 4.74. The molecule has 32 heavy (non-hydrogen) atoms. The van der Waals surface area contributed by atoms with E-state index in [2.05, 4.69) is 10.6 Å². The Balaban J connectivity index is 1.61. The van der Waals surface area contributed by atoms with E-state index in [0.717, 1.165) is 24.0 Å². The number of carbonyl (C=O) groups is 3. The third kappa shape index (κ3) is 9.83. The normalized spacial score (nSPS) is 11.3. The van der Waals surface area contributed by atoms with Crippen molar-refractivity contribution in [2.45, 2.75) is 44.8 Å². The molecule has 0 aliphatic rings. The van der Waals surface area contributed by atoms with E-state index in [-0.39, 0.29) is 18.9 Å². The van der Waals surface area contributed by atoms with Crippen LogP contribution in [0.25, 0.3) is 0 Å². The number of carbonyl (C=O) groups excluding carboxylic acids is 3. The van der Waals surface area contributed by atoms with Crippen molar-refractivity contribution in [1.82, 2.24) is 10.6 Å². The number of halogens is 1. The predicted octanol–water partition coefficient (Wildman–Crippen LogP) is 4.03. The van der Waals surface area contributed by atoms with Crippen LogP contribution < -0.4 is 10.6 Å². The minimum atomic E-state index is -0.755. The van der Waals surface area contributed by atoms with Gasteiger partial charge < -0.3 is 20.1 Å².